The van der Waals surface area contributed by atoms with Gasteiger partial charge in [-0.2, -0.15) is 0 Å². The van der Waals surface area contributed by atoms with E-state index >= 15 is 0 Å². The van der Waals surface area contributed by atoms with Gasteiger partial charge in [0.25, 0.3) is 0 Å². The highest BCUT2D eigenvalue weighted by molar-refractivity contribution is 5.83. The van der Waals surface area contributed by atoms with E-state index in [9.17, 15) is 14.4 Å². The molecule has 0 radical (unpaired) electrons. The summed E-state index contributed by atoms with van der Waals surface area (Å²) in [5.74, 6) is -0.504. The van der Waals surface area contributed by atoms with Crippen LogP contribution in [0, 0.1) is 13.8 Å². The fourth-order valence-electron chi connectivity index (χ4n) is 3.06. The maximum atomic E-state index is 12.0. The monoisotopic (exact) mass is 349 g/mol. The number of aryl methyl sites for hydroxylation is 1. The van der Waals surface area contributed by atoms with Crippen molar-refractivity contribution in [2.75, 3.05) is 7.11 Å². The van der Waals surface area contributed by atoms with Crippen LogP contribution in [0.2, 0.25) is 0 Å². The molecule has 0 unspecified atom stereocenters. The number of rotatable bonds is 6. The third kappa shape index (κ3) is 5.31. The smallest absolute Gasteiger partial charge is 0.328 e. The topological polar surface area (TPSA) is 81.7 Å². The molecule has 0 heterocycles. The molecule has 6 nitrogen and oxygen atoms in total. The molecule has 0 aliphatic carbocycles. The number of carbonyl (C=O) groups is 3. The average molecular weight is 349 g/mol. The largest absolute Gasteiger partial charge is 0.467 e. The summed E-state index contributed by atoms with van der Waals surface area (Å²) >= 11 is 0. The summed E-state index contributed by atoms with van der Waals surface area (Å²) in [7, 11) is 1.29. The Morgan fingerprint density at radius 3 is 2.20 bits per heavy atom. The van der Waals surface area contributed by atoms with Crippen molar-refractivity contribution in [3.05, 3.63) is 28.3 Å². The second kappa shape index (κ2) is 8.65. The molecule has 0 spiro atoms. The third-order valence-electron chi connectivity index (χ3n) is 4.05. The third-order valence-corrected chi connectivity index (χ3v) is 4.05. The normalized spacial score (nSPS) is 11.8. The summed E-state index contributed by atoms with van der Waals surface area (Å²) < 4.78 is 10.2. The first-order valence-electron chi connectivity index (χ1n) is 8.24. The van der Waals surface area contributed by atoms with Crippen LogP contribution in [-0.4, -0.2) is 31.0 Å². The van der Waals surface area contributed by atoms with Gasteiger partial charge in [-0.1, -0.05) is 13.8 Å². The summed E-state index contributed by atoms with van der Waals surface area (Å²) in [5, 5.41) is 2.63. The average Bonchev–Trinajstić information content (AvgIpc) is 2.47. The summed E-state index contributed by atoms with van der Waals surface area (Å²) in [5.41, 5.74) is 3.69. The zero-order valence-corrected chi connectivity index (χ0v) is 16.0. The first-order valence-corrected chi connectivity index (χ1v) is 8.24. The Labute approximate surface area is 148 Å². The summed E-state index contributed by atoms with van der Waals surface area (Å²) in [6, 6.07) is 1.04. The molecule has 1 rings (SSSR count). The molecule has 0 bridgehead atoms. The number of carbonyl (C=O) groups excluding carboxylic acids is 3. The van der Waals surface area contributed by atoms with Gasteiger partial charge in [-0.15, -0.1) is 0 Å². The summed E-state index contributed by atoms with van der Waals surface area (Å²) in [6.45, 7) is 10.6. The minimum atomic E-state index is -0.764. The van der Waals surface area contributed by atoms with Crippen molar-refractivity contribution in [1.29, 1.82) is 0 Å². The highest BCUT2D eigenvalue weighted by Gasteiger charge is 2.25. The van der Waals surface area contributed by atoms with E-state index in [1.807, 2.05) is 27.7 Å². The molecule has 138 valence electrons. The van der Waals surface area contributed by atoms with Crippen LogP contribution in [0.3, 0.4) is 0 Å². The van der Waals surface area contributed by atoms with E-state index < -0.39 is 12.0 Å². The zero-order chi connectivity index (χ0) is 19.3. The minimum absolute atomic E-state index is 0.131. The van der Waals surface area contributed by atoms with E-state index in [4.69, 9.17) is 9.47 Å². The summed E-state index contributed by atoms with van der Waals surface area (Å²) in [6.07, 6.45) is 0.310. The van der Waals surface area contributed by atoms with Gasteiger partial charge in [-0.3, -0.25) is 9.59 Å². The van der Waals surface area contributed by atoms with Crippen LogP contribution in [0.1, 0.15) is 55.9 Å². The maximum absolute atomic E-state index is 12.0. The van der Waals surface area contributed by atoms with Gasteiger partial charge in [-0.05, 0) is 42.5 Å². The molecule has 1 N–H and O–H groups in total. The fraction of sp³-hybridized carbons (Fsp3) is 0.526. The van der Waals surface area contributed by atoms with E-state index in [2.05, 4.69) is 5.32 Å². The van der Waals surface area contributed by atoms with Crippen LogP contribution >= 0.6 is 0 Å². The Morgan fingerprint density at radius 2 is 1.76 bits per heavy atom. The van der Waals surface area contributed by atoms with Crippen molar-refractivity contribution in [2.24, 2.45) is 0 Å². The predicted octanol–water partition coefficient (Wildman–Crippen LogP) is 2.57. The van der Waals surface area contributed by atoms with Crippen molar-refractivity contribution >= 4 is 17.8 Å². The number of amides is 1. The molecule has 1 aromatic carbocycles. The Kier molecular flexibility index (Phi) is 7.15. The second-order valence-electron chi connectivity index (χ2n) is 6.44. The molecule has 6 heteroatoms. The molecular formula is C19H27NO5. The number of nitrogens with one attached hydrogen (secondary N) is 1. The molecular weight excluding hydrogens is 322 g/mol. The quantitative estimate of drug-likeness (QED) is 0.630. The Morgan fingerprint density at radius 1 is 1.16 bits per heavy atom. The Balaban J connectivity index is 3.39. The van der Waals surface area contributed by atoms with Gasteiger partial charge in [0.15, 0.2) is 0 Å². The van der Waals surface area contributed by atoms with Gasteiger partial charge in [0.2, 0.25) is 5.91 Å². The highest BCUT2D eigenvalue weighted by Crippen LogP contribution is 2.34. The first-order chi connectivity index (χ1) is 11.6. The van der Waals surface area contributed by atoms with Gasteiger partial charge in [0.05, 0.1) is 7.11 Å². The number of benzene rings is 1. The molecule has 1 amide bonds. The molecule has 0 aromatic heterocycles. The lowest BCUT2D eigenvalue weighted by Crippen LogP contribution is -2.42. The van der Waals surface area contributed by atoms with Crippen LogP contribution in [0.4, 0.5) is 0 Å². The van der Waals surface area contributed by atoms with E-state index in [0.29, 0.717) is 12.2 Å². The van der Waals surface area contributed by atoms with Crippen LogP contribution < -0.4 is 10.1 Å². The SMILES string of the molecule is COC(=O)[C@H](Cc1c(C)cc(OC(C)=O)c(C(C)C)c1C)NC(C)=O. The lowest BCUT2D eigenvalue weighted by Gasteiger charge is -2.23. The van der Waals surface area contributed by atoms with Gasteiger partial charge >= 0.3 is 11.9 Å². The number of methoxy groups -OCH3 is 1. The first kappa shape index (κ1) is 20.7. The minimum Gasteiger partial charge on any atom is -0.467 e. The van der Waals surface area contributed by atoms with Crippen LogP contribution in [0.15, 0.2) is 6.07 Å². The zero-order valence-electron chi connectivity index (χ0n) is 16.0. The van der Waals surface area contributed by atoms with E-state index in [1.165, 1.54) is 21.0 Å². The fourth-order valence-corrected chi connectivity index (χ4v) is 3.06. The molecule has 1 aromatic rings. The molecule has 0 saturated carbocycles. The molecule has 1 atom stereocenters. The van der Waals surface area contributed by atoms with Crippen molar-refractivity contribution < 1.29 is 23.9 Å². The van der Waals surface area contributed by atoms with Gasteiger partial charge < -0.3 is 14.8 Å². The lowest BCUT2D eigenvalue weighted by molar-refractivity contribution is -0.144. The Hall–Kier alpha value is -2.37. The summed E-state index contributed by atoms with van der Waals surface area (Å²) in [4.78, 5) is 34.8. The van der Waals surface area contributed by atoms with Crippen molar-refractivity contribution in [3.8, 4) is 5.75 Å². The molecule has 0 fully saturated rings. The van der Waals surface area contributed by atoms with Gasteiger partial charge in [0, 0.05) is 25.8 Å². The standard InChI is InChI=1S/C19H27NO5/c1-10(2)18-12(4)15(11(3)8-17(18)25-14(6)22)9-16(19(23)24-7)20-13(5)21/h8,10,16H,9H2,1-7H3,(H,20,21)/t16-/m0/s1. The van der Waals surface area contributed by atoms with Crippen LogP contribution in [0.5, 0.6) is 5.75 Å². The van der Waals surface area contributed by atoms with Crippen molar-refractivity contribution in [3.63, 3.8) is 0 Å². The molecule has 25 heavy (non-hydrogen) atoms. The number of hydrogen-bond donors (Lipinski definition) is 1. The Bertz CT molecular complexity index is 679. The number of esters is 2. The molecule has 0 saturated heterocycles. The van der Waals surface area contributed by atoms with E-state index in [0.717, 1.165) is 22.3 Å². The molecule has 0 aliphatic rings. The number of hydrogen-bond acceptors (Lipinski definition) is 5. The maximum Gasteiger partial charge on any atom is 0.328 e. The second-order valence-corrected chi connectivity index (χ2v) is 6.44. The van der Waals surface area contributed by atoms with Crippen molar-refractivity contribution in [2.45, 2.75) is 59.9 Å². The van der Waals surface area contributed by atoms with Gasteiger partial charge in [-0.25, -0.2) is 4.79 Å². The van der Waals surface area contributed by atoms with E-state index in [1.54, 1.807) is 6.07 Å². The van der Waals surface area contributed by atoms with Crippen molar-refractivity contribution in [1.82, 2.24) is 5.32 Å². The molecule has 0 aliphatic heterocycles. The van der Waals surface area contributed by atoms with Crippen LogP contribution in [0.25, 0.3) is 0 Å². The van der Waals surface area contributed by atoms with Gasteiger partial charge in [0.1, 0.15) is 11.8 Å². The lowest BCUT2D eigenvalue weighted by atomic mass is 9.87. The number of ether oxygens (including phenoxy) is 2. The van der Waals surface area contributed by atoms with Crippen LogP contribution in [-0.2, 0) is 25.5 Å². The predicted molar refractivity (Wildman–Crippen MR) is 94.6 cm³/mol. The highest BCUT2D eigenvalue weighted by atomic mass is 16.5. The van der Waals surface area contributed by atoms with E-state index in [-0.39, 0.29) is 17.8 Å².